The molecule has 0 aliphatic carbocycles. The molecule has 2 aromatic rings. The Labute approximate surface area is 200 Å². The highest BCUT2D eigenvalue weighted by Crippen LogP contribution is 2.40. The summed E-state index contributed by atoms with van der Waals surface area (Å²) in [7, 11) is 1.14. The van der Waals surface area contributed by atoms with Gasteiger partial charge in [0.15, 0.2) is 11.5 Å². The number of benzene rings is 2. The maximum atomic E-state index is 13.2. The number of ether oxygens (including phenoxy) is 3. The first kappa shape index (κ1) is 24.3. The van der Waals surface area contributed by atoms with Crippen LogP contribution in [0, 0.1) is 0 Å². The molecular formula is C24H31N3O6S. The molecule has 0 unspecified atom stereocenters. The van der Waals surface area contributed by atoms with E-state index in [0.717, 1.165) is 17.7 Å². The minimum absolute atomic E-state index is 0.0813. The topological polar surface area (TPSA) is 88.6 Å². The van der Waals surface area contributed by atoms with Crippen LogP contribution in [0.4, 0.5) is 5.69 Å². The van der Waals surface area contributed by atoms with Crippen molar-refractivity contribution < 1.29 is 27.4 Å². The van der Waals surface area contributed by atoms with Gasteiger partial charge in [0, 0.05) is 56.9 Å². The highest BCUT2D eigenvalue weighted by Gasteiger charge is 2.30. The molecule has 0 atom stereocenters. The number of anilines is 1. The molecule has 34 heavy (non-hydrogen) atoms. The normalized spacial score (nSPS) is 17.7. The number of carbonyl (C=O) groups is 1. The predicted octanol–water partition coefficient (Wildman–Crippen LogP) is 2.35. The van der Waals surface area contributed by atoms with Crippen molar-refractivity contribution in [2.24, 2.45) is 0 Å². The Balaban J connectivity index is 1.41. The van der Waals surface area contributed by atoms with E-state index < -0.39 is 10.0 Å². The molecule has 1 amide bonds. The summed E-state index contributed by atoms with van der Waals surface area (Å²) in [6.45, 7) is 3.26. The van der Waals surface area contributed by atoms with E-state index in [1.807, 2.05) is 12.1 Å². The smallest absolute Gasteiger partial charge is 0.243 e. The monoisotopic (exact) mass is 489 g/mol. The molecule has 0 radical (unpaired) electrons. The first-order chi connectivity index (χ1) is 16.4. The Morgan fingerprint density at radius 3 is 2.06 bits per heavy atom. The van der Waals surface area contributed by atoms with Crippen molar-refractivity contribution in [1.29, 1.82) is 0 Å². The van der Waals surface area contributed by atoms with Crippen molar-refractivity contribution in [2.75, 3.05) is 59.0 Å². The summed E-state index contributed by atoms with van der Waals surface area (Å²) in [5, 5.41) is 0. The van der Waals surface area contributed by atoms with E-state index in [1.165, 1.54) is 4.31 Å². The lowest BCUT2D eigenvalue weighted by Crippen LogP contribution is -2.48. The van der Waals surface area contributed by atoms with E-state index >= 15 is 0 Å². The number of rotatable bonds is 8. The lowest BCUT2D eigenvalue weighted by atomic mass is 10.1. The van der Waals surface area contributed by atoms with Gasteiger partial charge in [0.05, 0.1) is 26.2 Å². The molecule has 9 nitrogen and oxygen atoms in total. The molecule has 4 rings (SSSR count). The van der Waals surface area contributed by atoms with Crippen LogP contribution in [0.15, 0.2) is 41.3 Å². The molecule has 0 spiro atoms. The molecular weight excluding hydrogens is 458 g/mol. The summed E-state index contributed by atoms with van der Waals surface area (Å²) in [5.41, 5.74) is 1.69. The van der Waals surface area contributed by atoms with E-state index in [0.29, 0.717) is 62.9 Å². The second-order valence-electron chi connectivity index (χ2n) is 8.32. The van der Waals surface area contributed by atoms with Crippen LogP contribution in [-0.4, -0.2) is 77.6 Å². The average Bonchev–Trinajstić information content (AvgIpc) is 3.29. The molecule has 0 saturated carbocycles. The Bertz CT molecular complexity index is 1130. The maximum Gasteiger partial charge on any atom is 0.243 e. The molecule has 2 saturated heterocycles. The molecule has 2 heterocycles. The molecule has 2 aliphatic rings. The Hall–Kier alpha value is -2.82. The molecule has 2 aromatic carbocycles. The summed E-state index contributed by atoms with van der Waals surface area (Å²) >= 11 is 0. The second kappa shape index (κ2) is 10.2. The zero-order chi connectivity index (χ0) is 24.3. The van der Waals surface area contributed by atoms with E-state index in [-0.39, 0.29) is 10.8 Å². The van der Waals surface area contributed by atoms with Gasteiger partial charge < -0.3 is 19.1 Å². The third kappa shape index (κ3) is 4.70. The third-order valence-electron chi connectivity index (χ3n) is 6.37. The first-order valence-electron chi connectivity index (χ1n) is 11.3. The van der Waals surface area contributed by atoms with Crippen molar-refractivity contribution in [2.45, 2.75) is 24.3 Å². The average molecular weight is 490 g/mol. The highest BCUT2D eigenvalue weighted by molar-refractivity contribution is 7.89. The summed E-state index contributed by atoms with van der Waals surface area (Å²) in [6, 6.07) is 10.4. The standard InChI is InChI=1S/C24H31N3O6S/c1-31-21-11-6-18(23(32-2)24(21)33-3)17-25-13-15-26(16-14-25)34(29,30)20-9-7-19(8-10-20)27-12-4-5-22(27)28/h6-11H,4-5,12-17H2,1-3H3. The molecule has 10 heteroatoms. The number of piperazine rings is 1. The van der Waals surface area contributed by atoms with Crippen LogP contribution in [0.3, 0.4) is 0 Å². The molecule has 0 aromatic heterocycles. The summed E-state index contributed by atoms with van der Waals surface area (Å²) in [4.78, 5) is 16.1. The van der Waals surface area contributed by atoms with Gasteiger partial charge in [-0.1, -0.05) is 6.07 Å². The third-order valence-corrected chi connectivity index (χ3v) is 8.28. The van der Waals surface area contributed by atoms with Crippen LogP contribution in [0.1, 0.15) is 18.4 Å². The number of nitrogens with zero attached hydrogens (tertiary/aromatic N) is 3. The van der Waals surface area contributed by atoms with Crippen molar-refractivity contribution in [1.82, 2.24) is 9.21 Å². The van der Waals surface area contributed by atoms with E-state index in [9.17, 15) is 13.2 Å². The predicted molar refractivity (Wildman–Crippen MR) is 128 cm³/mol. The first-order valence-corrected chi connectivity index (χ1v) is 12.7. The van der Waals surface area contributed by atoms with Gasteiger partial charge in [-0.25, -0.2) is 8.42 Å². The van der Waals surface area contributed by atoms with Crippen molar-refractivity contribution in [3.8, 4) is 17.2 Å². The number of sulfonamides is 1. The van der Waals surface area contributed by atoms with Gasteiger partial charge in [-0.2, -0.15) is 4.31 Å². The van der Waals surface area contributed by atoms with Crippen molar-refractivity contribution in [3.05, 3.63) is 42.0 Å². The van der Waals surface area contributed by atoms with Gasteiger partial charge in [-0.15, -0.1) is 0 Å². The van der Waals surface area contributed by atoms with Gasteiger partial charge in [0.1, 0.15) is 0 Å². The molecule has 2 aliphatic heterocycles. The zero-order valence-corrected chi connectivity index (χ0v) is 20.6. The molecule has 184 valence electrons. The fourth-order valence-electron chi connectivity index (χ4n) is 4.52. The fraction of sp³-hybridized carbons (Fsp3) is 0.458. The lowest BCUT2D eigenvalue weighted by molar-refractivity contribution is -0.117. The van der Waals surface area contributed by atoms with Crippen molar-refractivity contribution in [3.63, 3.8) is 0 Å². The Morgan fingerprint density at radius 1 is 0.824 bits per heavy atom. The molecule has 0 bridgehead atoms. The van der Waals surface area contributed by atoms with E-state index in [1.54, 1.807) is 50.5 Å². The zero-order valence-electron chi connectivity index (χ0n) is 19.8. The van der Waals surface area contributed by atoms with Crippen LogP contribution in [0.2, 0.25) is 0 Å². The largest absolute Gasteiger partial charge is 0.493 e. The Morgan fingerprint density at radius 2 is 1.50 bits per heavy atom. The van der Waals surface area contributed by atoms with Crippen molar-refractivity contribution >= 4 is 21.6 Å². The highest BCUT2D eigenvalue weighted by atomic mass is 32.2. The number of carbonyl (C=O) groups excluding carboxylic acids is 1. The van der Waals surface area contributed by atoms with Gasteiger partial charge in [0.2, 0.25) is 21.7 Å². The van der Waals surface area contributed by atoms with Crippen LogP contribution in [-0.2, 0) is 21.4 Å². The maximum absolute atomic E-state index is 13.2. The minimum Gasteiger partial charge on any atom is -0.493 e. The minimum atomic E-state index is -3.60. The van der Waals surface area contributed by atoms with Gasteiger partial charge in [-0.3, -0.25) is 9.69 Å². The number of methoxy groups -OCH3 is 3. The van der Waals surface area contributed by atoms with Crippen LogP contribution < -0.4 is 19.1 Å². The van der Waals surface area contributed by atoms with Crippen LogP contribution >= 0.6 is 0 Å². The molecule has 2 fully saturated rings. The SMILES string of the molecule is COc1ccc(CN2CCN(S(=O)(=O)c3ccc(N4CCCC4=O)cc3)CC2)c(OC)c1OC. The van der Waals surface area contributed by atoms with Gasteiger partial charge in [0.25, 0.3) is 0 Å². The summed E-state index contributed by atoms with van der Waals surface area (Å²) < 4.78 is 44.3. The van der Waals surface area contributed by atoms with Crippen LogP contribution in [0.5, 0.6) is 17.2 Å². The second-order valence-corrected chi connectivity index (χ2v) is 10.3. The lowest BCUT2D eigenvalue weighted by Gasteiger charge is -2.34. The summed E-state index contributed by atoms with van der Waals surface area (Å²) in [6.07, 6.45) is 1.37. The Kier molecular flexibility index (Phi) is 7.30. The molecule has 0 N–H and O–H groups in total. The summed E-state index contributed by atoms with van der Waals surface area (Å²) in [5.74, 6) is 1.84. The van der Waals surface area contributed by atoms with E-state index in [4.69, 9.17) is 14.2 Å². The van der Waals surface area contributed by atoms with E-state index in [2.05, 4.69) is 4.90 Å². The number of amides is 1. The quantitative estimate of drug-likeness (QED) is 0.562. The van der Waals surface area contributed by atoms with Crippen LogP contribution in [0.25, 0.3) is 0 Å². The number of hydrogen-bond donors (Lipinski definition) is 0. The van der Waals surface area contributed by atoms with Gasteiger partial charge >= 0.3 is 0 Å². The fourth-order valence-corrected chi connectivity index (χ4v) is 5.95. The van der Waals surface area contributed by atoms with Gasteiger partial charge in [-0.05, 0) is 36.8 Å². The number of hydrogen-bond acceptors (Lipinski definition) is 7.